The molecule has 0 aliphatic rings. The Kier molecular flexibility index (Phi) is 4.45. The third-order valence-electron chi connectivity index (χ3n) is 2.74. The molecule has 2 nitrogen and oxygen atoms in total. The fraction of sp³-hybridized carbons (Fsp3) is 0.200. The molecule has 1 atom stereocenters. The van der Waals surface area contributed by atoms with Crippen molar-refractivity contribution >= 4 is 11.8 Å². The monoisotopic (exact) mass is 277 g/mol. The zero-order valence-electron chi connectivity index (χ0n) is 10.9. The van der Waals surface area contributed by atoms with Crippen LogP contribution >= 0.6 is 11.8 Å². The Morgan fingerprint density at radius 3 is 2.63 bits per heavy atom. The molecule has 2 rings (SSSR count). The molecule has 0 fully saturated rings. The Bertz CT molecular complexity index is 572. The van der Waals surface area contributed by atoms with E-state index in [1.807, 2.05) is 30.3 Å². The van der Waals surface area contributed by atoms with Crippen LogP contribution in [0.5, 0.6) is 5.75 Å². The van der Waals surface area contributed by atoms with Gasteiger partial charge in [-0.3, -0.25) is 0 Å². The van der Waals surface area contributed by atoms with Crippen LogP contribution in [0.15, 0.2) is 52.3 Å². The summed E-state index contributed by atoms with van der Waals surface area (Å²) in [5.41, 5.74) is 6.40. The average molecular weight is 277 g/mol. The Morgan fingerprint density at radius 1 is 1.21 bits per heavy atom. The maximum absolute atomic E-state index is 13.8. The summed E-state index contributed by atoms with van der Waals surface area (Å²) in [6, 6.07) is 12.3. The molecule has 0 aromatic heterocycles. The average Bonchev–Trinajstić information content (AvgIpc) is 2.38. The Hall–Kier alpha value is -1.52. The van der Waals surface area contributed by atoms with E-state index in [1.165, 1.54) is 17.8 Å². The van der Waals surface area contributed by atoms with Crippen LogP contribution in [-0.2, 0) is 0 Å². The minimum Gasteiger partial charge on any atom is -0.497 e. The van der Waals surface area contributed by atoms with Crippen LogP contribution in [0.2, 0.25) is 0 Å². The van der Waals surface area contributed by atoms with Crippen LogP contribution < -0.4 is 10.5 Å². The first-order valence-corrected chi connectivity index (χ1v) is 6.79. The molecule has 0 spiro atoms. The normalized spacial score (nSPS) is 12.2. The smallest absolute Gasteiger partial charge is 0.129 e. The predicted molar refractivity (Wildman–Crippen MR) is 76.1 cm³/mol. The summed E-state index contributed by atoms with van der Waals surface area (Å²) in [4.78, 5) is 1.83. The molecule has 0 amide bonds. The fourth-order valence-corrected chi connectivity index (χ4v) is 2.96. The highest BCUT2D eigenvalue weighted by molar-refractivity contribution is 7.99. The van der Waals surface area contributed by atoms with Gasteiger partial charge in [0.25, 0.3) is 0 Å². The molecule has 4 heteroatoms. The van der Waals surface area contributed by atoms with Gasteiger partial charge in [0.05, 0.1) is 7.11 Å². The number of methoxy groups -OCH3 is 1. The Morgan fingerprint density at radius 2 is 1.95 bits per heavy atom. The lowest BCUT2D eigenvalue weighted by atomic mass is 10.1. The van der Waals surface area contributed by atoms with Gasteiger partial charge in [-0.2, -0.15) is 0 Å². The number of ether oxygens (including phenoxy) is 1. The van der Waals surface area contributed by atoms with Crippen molar-refractivity contribution in [1.82, 2.24) is 0 Å². The Balaban J connectivity index is 2.35. The molecule has 0 bridgehead atoms. The second kappa shape index (κ2) is 6.08. The van der Waals surface area contributed by atoms with Gasteiger partial charge in [0.15, 0.2) is 0 Å². The van der Waals surface area contributed by atoms with E-state index in [9.17, 15) is 4.39 Å². The molecule has 2 aromatic carbocycles. The van der Waals surface area contributed by atoms with Crippen molar-refractivity contribution in [2.75, 3.05) is 7.11 Å². The molecule has 0 unspecified atom stereocenters. The minimum absolute atomic E-state index is 0.261. The molecule has 0 saturated carbocycles. The van der Waals surface area contributed by atoms with Crippen LogP contribution in [0, 0.1) is 5.82 Å². The number of rotatable bonds is 4. The molecular weight excluding hydrogens is 261 g/mol. The van der Waals surface area contributed by atoms with Gasteiger partial charge < -0.3 is 10.5 Å². The van der Waals surface area contributed by atoms with Crippen LogP contribution in [0.25, 0.3) is 0 Å². The summed E-state index contributed by atoms with van der Waals surface area (Å²) < 4.78 is 19.0. The van der Waals surface area contributed by atoms with Crippen molar-refractivity contribution in [1.29, 1.82) is 0 Å². The van der Waals surface area contributed by atoms with Crippen LogP contribution in [0.3, 0.4) is 0 Å². The van der Waals surface area contributed by atoms with Crippen molar-refractivity contribution in [2.45, 2.75) is 22.8 Å². The maximum Gasteiger partial charge on any atom is 0.129 e. The zero-order valence-corrected chi connectivity index (χ0v) is 11.7. The molecule has 2 aromatic rings. The first-order chi connectivity index (χ1) is 9.11. The van der Waals surface area contributed by atoms with Gasteiger partial charge in [0.1, 0.15) is 11.6 Å². The van der Waals surface area contributed by atoms with Crippen molar-refractivity contribution in [2.24, 2.45) is 5.73 Å². The van der Waals surface area contributed by atoms with E-state index in [0.29, 0.717) is 5.56 Å². The molecule has 0 heterocycles. The lowest BCUT2D eigenvalue weighted by molar-refractivity contribution is 0.413. The summed E-state index contributed by atoms with van der Waals surface area (Å²) in [6.45, 7) is 1.79. The van der Waals surface area contributed by atoms with E-state index in [1.54, 1.807) is 20.1 Å². The Labute approximate surface area is 116 Å². The van der Waals surface area contributed by atoms with Crippen LogP contribution in [-0.4, -0.2) is 7.11 Å². The summed E-state index contributed by atoms with van der Waals surface area (Å²) in [6.07, 6.45) is 0. The summed E-state index contributed by atoms with van der Waals surface area (Å²) in [5, 5.41) is 0. The number of hydrogen-bond donors (Lipinski definition) is 1. The van der Waals surface area contributed by atoms with Gasteiger partial charge in [0.2, 0.25) is 0 Å². The third-order valence-corrected chi connectivity index (χ3v) is 3.80. The maximum atomic E-state index is 13.8. The first-order valence-electron chi connectivity index (χ1n) is 5.97. The van der Waals surface area contributed by atoms with E-state index in [0.717, 1.165) is 15.5 Å². The molecule has 19 heavy (non-hydrogen) atoms. The van der Waals surface area contributed by atoms with Crippen molar-refractivity contribution in [3.05, 3.63) is 53.8 Å². The largest absolute Gasteiger partial charge is 0.497 e. The topological polar surface area (TPSA) is 35.2 Å². The van der Waals surface area contributed by atoms with E-state index in [2.05, 4.69) is 0 Å². The third kappa shape index (κ3) is 3.28. The molecule has 0 radical (unpaired) electrons. The number of benzene rings is 2. The minimum atomic E-state index is -0.339. The summed E-state index contributed by atoms with van der Waals surface area (Å²) >= 11 is 1.49. The van der Waals surface area contributed by atoms with Gasteiger partial charge in [0, 0.05) is 21.4 Å². The SMILES string of the molecule is COc1cccc(Sc2cccc(F)c2[C@H](C)N)c1. The van der Waals surface area contributed by atoms with E-state index < -0.39 is 0 Å². The van der Waals surface area contributed by atoms with Gasteiger partial charge in [-0.1, -0.05) is 23.9 Å². The number of hydrogen-bond acceptors (Lipinski definition) is 3. The van der Waals surface area contributed by atoms with Gasteiger partial charge >= 0.3 is 0 Å². The molecule has 0 saturated heterocycles. The first kappa shape index (κ1) is 13.9. The number of nitrogens with two attached hydrogens (primary N) is 1. The molecular formula is C15H16FNOS. The lowest BCUT2D eigenvalue weighted by Crippen LogP contribution is -2.08. The lowest BCUT2D eigenvalue weighted by Gasteiger charge is -2.13. The van der Waals surface area contributed by atoms with Crippen molar-refractivity contribution in [3.63, 3.8) is 0 Å². The quantitative estimate of drug-likeness (QED) is 0.917. The van der Waals surface area contributed by atoms with Crippen molar-refractivity contribution in [3.8, 4) is 5.75 Å². The second-order valence-electron chi connectivity index (χ2n) is 4.22. The van der Waals surface area contributed by atoms with Crippen LogP contribution in [0.1, 0.15) is 18.5 Å². The number of halogens is 1. The van der Waals surface area contributed by atoms with Gasteiger partial charge in [-0.05, 0) is 37.3 Å². The highest BCUT2D eigenvalue weighted by atomic mass is 32.2. The molecule has 0 aliphatic carbocycles. The van der Waals surface area contributed by atoms with Gasteiger partial charge in [-0.25, -0.2) is 4.39 Å². The highest BCUT2D eigenvalue weighted by Gasteiger charge is 2.13. The standard InChI is InChI=1S/C15H16FNOS/c1-10(17)15-13(16)7-4-8-14(15)19-12-6-3-5-11(9-12)18-2/h3-10H,17H2,1-2H3/t10-/m0/s1. The summed E-state index contributed by atoms with van der Waals surface area (Å²) in [5.74, 6) is 0.520. The van der Waals surface area contributed by atoms with E-state index in [-0.39, 0.29) is 11.9 Å². The second-order valence-corrected chi connectivity index (χ2v) is 5.34. The molecule has 100 valence electrons. The predicted octanol–water partition coefficient (Wildman–Crippen LogP) is 4.01. The summed E-state index contributed by atoms with van der Waals surface area (Å²) in [7, 11) is 1.62. The zero-order chi connectivity index (χ0) is 13.8. The molecule has 0 aliphatic heterocycles. The van der Waals surface area contributed by atoms with E-state index >= 15 is 0 Å². The van der Waals surface area contributed by atoms with Gasteiger partial charge in [-0.15, -0.1) is 0 Å². The highest BCUT2D eigenvalue weighted by Crippen LogP contribution is 2.35. The fourth-order valence-electron chi connectivity index (χ4n) is 1.84. The van der Waals surface area contributed by atoms with E-state index in [4.69, 9.17) is 10.5 Å². The molecule has 2 N–H and O–H groups in total. The van der Waals surface area contributed by atoms with Crippen LogP contribution in [0.4, 0.5) is 4.39 Å². The van der Waals surface area contributed by atoms with Crippen molar-refractivity contribution < 1.29 is 9.13 Å².